The predicted octanol–water partition coefficient (Wildman–Crippen LogP) is 10.9. The molecule has 2 unspecified atom stereocenters. The van der Waals surface area contributed by atoms with Gasteiger partial charge in [-0.15, -0.1) is 0 Å². The summed E-state index contributed by atoms with van der Waals surface area (Å²) in [6.45, 7) is 37.0. The molecule has 4 aromatic carbocycles. The highest BCUT2D eigenvalue weighted by atomic mass is 35.5. The molecule has 4 fully saturated rings. The summed E-state index contributed by atoms with van der Waals surface area (Å²) in [7, 11) is 4.34. The van der Waals surface area contributed by atoms with Crippen LogP contribution in [0.1, 0.15) is 82.3 Å². The van der Waals surface area contributed by atoms with E-state index in [4.69, 9.17) is 54.2 Å². The molecule has 86 heavy (non-hydrogen) atoms. The first-order valence-electron chi connectivity index (χ1n) is 30.1. The Morgan fingerprint density at radius 3 is 1.58 bits per heavy atom. The molecule has 12 rings (SSSR count). The third-order valence-corrected chi connectivity index (χ3v) is 18.6. The Morgan fingerprint density at radius 2 is 1.12 bits per heavy atom. The molecule has 1 amide bonds. The van der Waals surface area contributed by atoms with Gasteiger partial charge in [-0.25, -0.2) is 13.1 Å². The minimum atomic E-state index is -0.509. The topological polar surface area (TPSA) is 136 Å². The first-order chi connectivity index (χ1) is 41.2. The first-order valence-corrected chi connectivity index (χ1v) is 30.4. The number of carbonyl (C=O) groups is 2. The summed E-state index contributed by atoms with van der Waals surface area (Å²) >= 11 is 4.71. The van der Waals surface area contributed by atoms with Crippen molar-refractivity contribution in [2.75, 3.05) is 119 Å². The Hall–Kier alpha value is -7.83. The van der Waals surface area contributed by atoms with Gasteiger partial charge >= 0.3 is 12.0 Å². The molecule has 6 aliphatic rings. The zero-order valence-corrected chi connectivity index (χ0v) is 50.7. The molecule has 0 N–H and O–H groups in total. The van der Waals surface area contributed by atoms with E-state index in [1.54, 1.807) is 4.90 Å². The van der Waals surface area contributed by atoms with Gasteiger partial charge in [-0.2, -0.15) is 19.9 Å². The number of allylic oxidation sites excluding steroid dienone is 1. The fourth-order valence-electron chi connectivity index (χ4n) is 13.2. The van der Waals surface area contributed by atoms with Crippen LogP contribution in [0.25, 0.3) is 31.2 Å². The zero-order chi connectivity index (χ0) is 59.7. The number of benzene rings is 4. The molecule has 4 saturated heterocycles. The van der Waals surface area contributed by atoms with Gasteiger partial charge in [0.05, 0.1) is 35.6 Å². The van der Waals surface area contributed by atoms with E-state index in [1.807, 2.05) is 0 Å². The Kier molecular flexibility index (Phi) is 20.5. The van der Waals surface area contributed by atoms with Crippen molar-refractivity contribution in [3.05, 3.63) is 156 Å². The monoisotopic (exact) mass is 1180 g/mol. The maximum atomic E-state index is 12.5. The molecule has 17 nitrogen and oxygen atoms in total. The Labute approximate surface area is 513 Å². The number of ether oxygens (including phenoxy) is 2. The van der Waals surface area contributed by atoms with Crippen LogP contribution in [0.4, 0.5) is 23.0 Å². The minimum absolute atomic E-state index is 0. The number of aromatic nitrogens is 4. The van der Waals surface area contributed by atoms with Crippen LogP contribution in [0.2, 0.25) is 0 Å². The average molecular weight is 1180 g/mol. The summed E-state index contributed by atoms with van der Waals surface area (Å²) in [5, 5.41) is 4.48. The third-order valence-electron chi connectivity index (χ3n) is 18.4. The van der Waals surface area contributed by atoms with Crippen molar-refractivity contribution in [2.45, 2.75) is 103 Å². The molecule has 18 heteroatoms. The molecule has 2 aromatic heterocycles. The van der Waals surface area contributed by atoms with Gasteiger partial charge in [0, 0.05) is 85.0 Å². The number of anilines is 4. The van der Waals surface area contributed by atoms with Gasteiger partial charge in [-0.05, 0) is 139 Å². The summed E-state index contributed by atoms with van der Waals surface area (Å²) < 4.78 is 12.8. The number of fused-ring (bicyclic) bond motifs is 4. The highest BCUT2D eigenvalue weighted by Gasteiger charge is 2.39. The van der Waals surface area contributed by atoms with E-state index in [0.29, 0.717) is 63.9 Å². The van der Waals surface area contributed by atoms with Crippen molar-refractivity contribution in [3.63, 3.8) is 0 Å². The average Bonchev–Trinajstić information content (AvgIpc) is 1.85. The standard InChI is InChI=1S/C33H39N7O2.C31H38N6O.C3H3ClO.CH4/c1-5-30(41)40-19-18-39(21-25(40)20-34-3)31-27-14-17-38(29-13-8-11-24-10-6-7-12-26(24)29)22-28(27)35-32(36-31)42-23-33(2)15-9-16-37(33)4;1-31(15-8-16-35(31)3)22-38-30-33-27-21-36(28-13-6-11-24-10-4-5-12-25(24)28)18-14-26(27)29(34-30)37-17-7-9-23(20-37)19-32-2;1-2-3(4)5;/h5-8,10-13,25H,1,9,14-23H2,2,4H3;4-6,10-13,23H,7-9,14-22H2,1,3H3;2H,1H2;1H4/t25?,33-;23?,31-;;/m00../s1. The number of hydrogen-bond acceptors (Lipinski definition) is 14. The number of hydrogen-bond donors (Lipinski definition) is 0. The largest absolute Gasteiger partial charge is 0.461 e. The van der Waals surface area contributed by atoms with Crippen molar-refractivity contribution in [3.8, 4) is 12.0 Å². The van der Waals surface area contributed by atoms with Gasteiger partial charge in [-0.3, -0.25) is 19.4 Å². The predicted molar refractivity (Wildman–Crippen MR) is 347 cm³/mol. The summed E-state index contributed by atoms with van der Waals surface area (Å²) in [4.78, 5) is 65.5. The van der Waals surface area contributed by atoms with E-state index in [2.05, 4.69) is 165 Å². The van der Waals surface area contributed by atoms with Crippen LogP contribution in [0.15, 0.2) is 110 Å². The van der Waals surface area contributed by atoms with E-state index >= 15 is 0 Å². The molecule has 0 bridgehead atoms. The van der Waals surface area contributed by atoms with Gasteiger partial charge in [-0.1, -0.05) is 93.4 Å². The van der Waals surface area contributed by atoms with Crippen LogP contribution in [-0.4, -0.2) is 162 Å². The molecule has 6 aliphatic heterocycles. The number of amides is 1. The first kappa shape index (κ1) is 62.7. The molecule has 0 aliphatic carbocycles. The molecule has 0 saturated carbocycles. The van der Waals surface area contributed by atoms with Gasteiger partial charge in [0.15, 0.2) is 0 Å². The second-order valence-corrected chi connectivity index (χ2v) is 24.3. The number of likely N-dealkylation sites (tertiary alicyclic amines) is 2. The number of likely N-dealkylation sites (N-methyl/N-ethyl adjacent to an activating group) is 2. The lowest BCUT2D eigenvalue weighted by Crippen LogP contribution is -2.56. The van der Waals surface area contributed by atoms with Crippen molar-refractivity contribution < 1.29 is 19.1 Å². The number of nitrogens with zero attached hydrogens (tertiary/aromatic N) is 13. The number of piperazine rings is 1. The van der Waals surface area contributed by atoms with E-state index in [1.165, 1.54) is 51.0 Å². The van der Waals surface area contributed by atoms with Crippen LogP contribution >= 0.6 is 11.6 Å². The summed E-state index contributed by atoms with van der Waals surface area (Å²) in [5.41, 5.74) is 6.86. The van der Waals surface area contributed by atoms with E-state index in [0.717, 1.165) is 125 Å². The normalized spacial score (nSPS) is 22.0. The van der Waals surface area contributed by atoms with Gasteiger partial charge in [0.25, 0.3) is 0 Å². The van der Waals surface area contributed by atoms with E-state index < -0.39 is 5.24 Å². The van der Waals surface area contributed by atoms with Crippen LogP contribution in [-0.2, 0) is 35.5 Å². The van der Waals surface area contributed by atoms with Crippen molar-refractivity contribution >= 4 is 67.3 Å². The molecule has 8 heterocycles. The van der Waals surface area contributed by atoms with Crippen LogP contribution in [0.5, 0.6) is 12.0 Å². The molecule has 0 radical (unpaired) electrons. The highest BCUT2D eigenvalue weighted by molar-refractivity contribution is 6.66. The Morgan fingerprint density at radius 1 is 0.628 bits per heavy atom. The lowest BCUT2D eigenvalue weighted by Gasteiger charge is -2.41. The maximum absolute atomic E-state index is 12.5. The molecular formula is C68H84ClN13O4. The van der Waals surface area contributed by atoms with Crippen LogP contribution < -0.4 is 29.1 Å². The van der Waals surface area contributed by atoms with Crippen LogP contribution in [0.3, 0.4) is 0 Å². The lowest BCUT2D eigenvalue weighted by molar-refractivity contribution is -0.128. The molecule has 452 valence electrons. The SMILES string of the molecule is C.C=CC(=O)Cl.[C-]#[N+]CC1CCCN(c2nc(OC[C@]3(C)CCCN3C)nc3c2CCN(c2cccc4ccccc24)C3)C1.[C-]#[N+]CC1CN(c2nc(OC[C@]3(C)CCCN3C)nc3c2CCN(c2cccc4ccccc24)C3)CCN1C(=O)C=C. The third kappa shape index (κ3) is 14.0. The fraction of sp³-hybridized carbons (Fsp3) is 0.471. The van der Waals surface area contributed by atoms with Crippen molar-refractivity contribution in [1.82, 2.24) is 34.6 Å². The number of rotatable bonds is 14. The molecule has 6 aromatic rings. The molecule has 0 spiro atoms. The lowest BCUT2D eigenvalue weighted by atomic mass is 9.96. The second kappa shape index (κ2) is 28.1. The molecule has 4 atom stereocenters. The van der Waals surface area contributed by atoms with E-state index in [9.17, 15) is 9.59 Å². The van der Waals surface area contributed by atoms with Gasteiger partial charge in [0.1, 0.15) is 30.9 Å². The van der Waals surface area contributed by atoms with Gasteiger partial charge < -0.3 is 43.7 Å². The van der Waals surface area contributed by atoms with Crippen molar-refractivity contribution in [2.24, 2.45) is 5.92 Å². The smallest absolute Gasteiger partial charge is 0.318 e. The minimum Gasteiger partial charge on any atom is -0.461 e. The quantitative estimate of drug-likeness (QED) is 0.0581. The summed E-state index contributed by atoms with van der Waals surface area (Å²) in [6.07, 6.45) is 10.9. The van der Waals surface area contributed by atoms with Crippen molar-refractivity contribution in [1.29, 1.82) is 0 Å². The molecular weight excluding hydrogens is 1100 g/mol. The Bertz CT molecular complexity index is 3480. The second-order valence-electron chi connectivity index (χ2n) is 24.0. The zero-order valence-electron chi connectivity index (χ0n) is 49.9. The van der Waals surface area contributed by atoms with Gasteiger partial charge in [0.2, 0.25) is 24.2 Å². The van der Waals surface area contributed by atoms with Crippen LogP contribution in [0, 0.1) is 19.1 Å². The Balaban J connectivity index is 0.000000189. The number of halogens is 1. The number of piperidine rings is 1. The highest BCUT2D eigenvalue weighted by Crippen LogP contribution is 2.39. The van der Waals surface area contributed by atoms with E-state index in [-0.39, 0.29) is 37.0 Å². The maximum Gasteiger partial charge on any atom is 0.318 e. The number of carbonyl (C=O) groups excluding carboxylic acids is 2. The summed E-state index contributed by atoms with van der Waals surface area (Å²) in [6, 6.07) is 30.8. The fourth-order valence-corrected chi connectivity index (χ4v) is 13.2. The summed E-state index contributed by atoms with van der Waals surface area (Å²) in [5.74, 6) is 2.18.